The fourth-order valence-corrected chi connectivity index (χ4v) is 1.98. The molecule has 0 radical (unpaired) electrons. The summed E-state index contributed by atoms with van der Waals surface area (Å²) < 4.78 is 0. The van der Waals surface area contributed by atoms with E-state index < -0.39 is 0 Å². The molecule has 1 aromatic heterocycles. The van der Waals surface area contributed by atoms with Gasteiger partial charge in [-0.3, -0.25) is 4.79 Å². The Morgan fingerprint density at radius 2 is 2.33 bits per heavy atom. The van der Waals surface area contributed by atoms with E-state index in [0.29, 0.717) is 6.42 Å². The second-order valence-electron chi connectivity index (χ2n) is 4.16. The van der Waals surface area contributed by atoms with E-state index in [1.807, 2.05) is 6.92 Å². The minimum absolute atomic E-state index is 0.0378. The summed E-state index contributed by atoms with van der Waals surface area (Å²) in [7, 11) is 0. The third-order valence-electron chi connectivity index (χ3n) is 2.97. The summed E-state index contributed by atoms with van der Waals surface area (Å²) in [6, 6.07) is 0.0904. The summed E-state index contributed by atoms with van der Waals surface area (Å²) in [6.45, 7) is 2.04. The highest BCUT2D eigenvalue weighted by atomic mass is 16.1. The fraction of sp³-hybridized carbons (Fsp3) is 0.636. The molecule has 15 heavy (non-hydrogen) atoms. The van der Waals surface area contributed by atoms with Crippen LogP contribution in [0.25, 0.3) is 0 Å². The molecule has 0 amide bonds. The predicted molar refractivity (Wildman–Crippen MR) is 58.9 cm³/mol. The molecular weight excluding hydrogens is 190 g/mol. The van der Waals surface area contributed by atoms with Crippen LogP contribution < -0.4 is 11.3 Å². The first-order valence-corrected chi connectivity index (χ1v) is 5.57. The molecule has 0 bridgehead atoms. The zero-order valence-corrected chi connectivity index (χ0v) is 9.05. The summed E-state index contributed by atoms with van der Waals surface area (Å²) in [5.74, 6) is 0.745. The lowest BCUT2D eigenvalue weighted by atomic mass is 10.1. The van der Waals surface area contributed by atoms with Gasteiger partial charge in [0.15, 0.2) is 0 Å². The van der Waals surface area contributed by atoms with Crippen molar-refractivity contribution in [1.29, 1.82) is 0 Å². The summed E-state index contributed by atoms with van der Waals surface area (Å²) in [6.07, 6.45) is 4.43. The van der Waals surface area contributed by atoms with Crippen LogP contribution >= 0.6 is 0 Å². The molecule has 0 aromatic carbocycles. The minimum Gasteiger partial charge on any atom is -0.327 e. The number of aromatic amines is 1. The van der Waals surface area contributed by atoms with E-state index >= 15 is 0 Å². The van der Waals surface area contributed by atoms with Crippen molar-refractivity contribution in [3.05, 3.63) is 27.4 Å². The third kappa shape index (κ3) is 2.09. The monoisotopic (exact) mass is 207 g/mol. The van der Waals surface area contributed by atoms with Crippen molar-refractivity contribution < 1.29 is 0 Å². The van der Waals surface area contributed by atoms with Crippen molar-refractivity contribution in [2.45, 2.75) is 45.1 Å². The molecule has 1 aliphatic carbocycles. The van der Waals surface area contributed by atoms with Crippen LogP contribution in [0.5, 0.6) is 0 Å². The Balaban J connectivity index is 2.28. The standard InChI is InChI=1S/C11H17N3O/c1-2-7(12)6-10-13-9-5-3-4-8(9)11(15)14-10/h7H,2-6,12H2,1H3,(H,13,14,15). The average Bonchev–Trinajstić information content (AvgIpc) is 2.66. The number of aromatic nitrogens is 2. The first-order valence-electron chi connectivity index (χ1n) is 5.57. The fourth-order valence-electron chi connectivity index (χ4n) is 1.98. The molecule has 0 aliphatic heterocycles. The third-order valence-corrected chi connectivity index (χ3v) is 2.97. The van der Waals surface area contributed by atoms with Gasteiger partial charge in [0, 0.05) is 18.0 Å². The number of H-pyrrole nitrogens is 1. The Bertz CT molecular complexity index is 411. The number of hydrogen-bond donors (Lipinski definition) is 2. The van der Waals surface area contributed by atoms with E-state index in [2.05, 4.69) is 9.97 Å². The lowest BCUT2D eigenvalue weighted by Gasteiger charge is -2.08. The van der Waals surface area contributed by atoms with Crippen molar-refractivity contribution in [3.8, 4) is 0 Å². The van der Waals surface area contributed by atoms with Gasteiger partial charge in [0.05, 0.1) is 5.69 Å². The van der Waals surface area contributed by atoms with Crippen LogP contribution in [0.15, 0.2) is 4.79 Å². The second-order valence-corrected chi connectivity index (χ2v) is 4.16. The van der Waals surface area contributed by atoms with Gasteiger partial charge < -0.3 is 10.7 Å². The molecule has 1 aromatic rings. The van der Waals surface area contributed by atoms with Gasteiger partial charge in [-0.05, 0) is 25.7 Å². The molecule has 4 nitrogen and oxygen atoms in total. The zero-order valence-electron chi connectivity index (χ0n) is 9.05. The first-order chi connectivity index (χ1) is 7.20. The van der Waals surface area contributed by atoms with Crippen LogP contribution in [0.1, 0.15) is 36.8 Å². The molecular formula is C11H17N3O. The van der Waals surface area contributed by atoms with Crippen LogP contribution in [0.3, 0.4) is 0 Å². The maximum atomic E-state index is 11.7. The van der Waals surface area contributed by atoms with E-state index in [0.717, 1.165) is 42.8 Å². The maximum Gasteiger partial charge on any atom is 0.254 e. The maximum absolute atomic E-state index is 11.7. The lowest BCUT2D eigenvalue weighted by molar-refractivity contribution is 0.620. The van der Waals surface area contributed by atoms with Crippen LogP contribution in [0.2, 0.25) is 0 Å². The van der Waals surface area contributed by atoms with Crippen molar-refractivity contribution >= 4 is 0 Å². The van der Waals surface area contributed by atoms with Crippen molar-refractivity contribution in [2.24, 2.45) is 5.73 Å². The zero-order chi connectivity index (χ0) is 10.8. The minimum atomic E-state index is 0.0378. The Labute approximate surface area is 88.9 Å². The van der Waals surface area contributed by atoms with Crippen molar-refractivity contribution in [2.75, 3.05) is 0 Å². The van der Waals surface area contributed by atoms with Gasteiger partial charge in [-0.25, -0.2) is 4.98 Å². The summed E-state index contributed by atoms with van der Waals surface area (Å²) >= 11 is 0. The number of rotatable bonds is 3. The average molecular weight is 207 g/mol. The molecule has 0 saturated carbocycles. The van der Waals surface area contributed by atoms with E-state index in [4.69, 9.17) is 5.73 Å². The molecule has 0 saturated heterocycles. The van der Waals surface area contributed by atoms with Gasteiger partial charge in [-0.15, -0.1) is 0 Å². The second kappa shape index (κ2) is 4.14. The Morgan fingerprint density at radius 3 is 3.07 bits per heavy atom. The number of hydrogen-bond acceptors (Lipinski definition) is 3. The number of nitrogens with one attached hydrogen (secondary N) is 1. The number of fused-ring (bicyclic) bond motifs is 1. The highest BCUT2D eigenvalue weighted by Crippen LogP contribution is 2.15. The van der Waals surface area contributed by atoms with Crippen LogP contribution in [0.4, 0.5) is 0 Å². The topological polar surface area (TPSA) is 71.8 Å². The van der Waals surface area contributed by atoms with Gasteiger partial charge in [0.25, 0.3) is 5.56 Å². The molecule has 1 unspecified atom stereocenters. The molecule has 0 fully saturated rings. The first kappa shape index (κ1) is 10.4. The van der Waals surface area contributed by atoms with Crippen LogP contribution in [0, 0.1) is 0 Å². The van der Waals surface area contributed by atoms with Gasteiger partial charge >= 0.3 is 0 Å². The summed E-state index contributed by atoms with van der Waals surface area (Å²) in [4.78, 5) is 19.0. The Kier molecular flexibility index (Phi) is 2.86. The molecule has 2 rings (SSSR count). The Hall–Kier alpha value is -1.16. The lowest BCUT2D eigenvalue weighted by Crippen LogP contribution is -2.26. The van der Waals surface area contributed by atoms with Crippen molar-refractivity contribution in [1.82, 2.24) is 9.97 Å². The molecule has 1 atom stereocenters. The SMILES string of the molecule is CCC(N)Cc1nc2c(c(=O)[nH]1)CCC2. The molecule has 3 N–H and O–H groups in total. The number of aryl methyl sites for hydroxylation is 1. The van der Waals surface area contributed by atoms with Crippen molar-refractivity contribution in [3.63, 3.8) is 0 Å². The van der Waals surface area contributed by atoms with E-state index in [9.17, 15) is 4.79 Å². The highest BCUT2D eigenvalue weighted by Gasteiger charge is 2.17. The predicted octanol–water partition coefficient (Wildman–Crippen LogP) is 0.538. The van der Waals surface area contributed by atoms with E-state index in [1.165, 1.54) is 0 Å². The summed E-state index contributed by atoms with van der Waals surface area (Å²) in [5, 5.41) is 0. The normalized spacial score (nSPS) is 16.4. The Morgan fingerprint density at radius 1 is 1.53 bits per heavy atom. The molecule has 1 aliphatic rings. The summed E-state index contributed by atoms with van der Waals surface area (Å²) in [5.41, 5.74) is 7.74. The van der Waals surface area contributed by atoms with E-state index in [1.54, 1.807) is 0 Å². The van der Waals surface area contributed by atoms with Gasteiger partial charge in [-0.2, -0.15) is 0 Å². The highest BCUT2D eigenvalue weighted by molar-refractivity contribution is 5.22. The smallest absolute Gasteiger partial charge is 0.254 e. The number of nitrogens with zero attached hydrogens (tertiary/aromatic N) is 1. The molecule has 0 spiro atoms. The molecule has 82 valence electrons. The van der Waals surface area contributed by atoms with Gasteiger partial charge in [0.1, 0.15) is 5.82 Å². The molecule has 4 heteroatoms. The number of nitrogens with two attached hydrogens (primary N) is 1. The van der Waals surface area contributed by atoms with E-state index in [-0.39, 0.29) is 11.6 Å². The van der Waals surface area contributed by atoms with Crippen LogP contribution in [-0.2, 0) is 19.3 Å². The van der Waals surface area contributed by atoms with Gasteiger partial charge in [-0.1, -0.05) is 6.92 Å². The largest absolute Gasteiger partial charge is 0.327 e. The van der Waals surface area contributed by atoms with Gasteiger partial charge in [0.2, 0.25) is 0 Å². The van der Waals surface area contributed by atoms with Crippen LogP contribution in [-0.4, -0.2) is 16.0 Å². The quantitative estimate of drug-likeness (QED) is 0.759. The molecule has 1 heterocycles.